The summed E-state index contributed by atoms with van der Waals surface area (Å²) in [5, 5.41) is 15.9. The third-order valence-electron chi connectivity index (χ3n) is 6.70. The summed E-state index contributed by atoms with van der Waals surface area (Å²) in [6.07, 6.45) is -0.668. The Labute approximate surface area is 259 Å². The van der Waals surface area contributed by atoms with Gasteiger partial charge in [0.25, 0.3) is 5.91 Å². The summed E-state index contributed by atoms with van der Waals surface area (Å²) in [4.78, 5) is 43.3. The number of hydrogen-bond donors (Lipinski definition) is 3. The summed E-state index contributed by atoms with van der Waals surface area (Å²) >= 11 is 6.46. The molecule has 230 valence electrons. The van der Waals surface area contributed by atoms with Crippen molar-refractivity contribution in [3.05, 3.63) is 94.0 Å². The van der Waals surface area contributed by atoms with Crippen molar-refractivity contribution >= 4 is 35.2 Å². The fourth-order valence-electron chi connectivity index (χ4n) is 4.68. The zero-order chi connectivity index (χ0) is 32.1. The molecule has 43 heavy (non-hydrogen) atoms. The third kappa shape index (κ3) is 9.22. The van der Waals surface area contributed by atoms with Gasteiger partial charge in [0.2, 0.25) is 5.91 Å². The van der Waals surface area contributed by atoms with Gasteiger partial charge < -0.3 is 25.4 Å². The number of phenols is 1. The maximum absolute atomic E-state index is 14.6. The molecule has 3 amide bonds. The molecule has 3 aromatic carbocycles. The molecule has 0 spiro atoms. The van der Waals surface area contributed by atoms with Crippen LogP contribution in [0.2, 0.25) is 5.02 Å². The fraction of sp³-hybridized carbons (Fsp3) is 0.382. The van der Waals surface area contributed by atoms with Gasteiger partial charge in [-0.2, -0.15) is 0 Å². The monoisotopic (exact) mass is 607 g/mol. The number of anilines is 1. The van der Waals surface area contributed by atoms with Gasteiger partial charge in [0.1, 0.15) is 23.4 Å². The molecule has 0 bridgehead atoms. The number of nitrogens with one attached hydrogen (secondary N) is 2. The van der Waals surface area contributed by atoms with E-state index in [1.165, 1.54) is 17.0 Å². The molecule has 3 aromatic rings. The predicted molar refractivity (Wildman–Crippen MR) is 170 cm³/mol. The van der Waals surface area contributed by atoms with Gasteiger partial charge in [-0.05, 0) is 90.3 Å². The first-order valence-corrected chi connectivity index (χ1v) is 14.6. The van der Waals surface area contributed by atoms with Crippen LogP contribution in [0.15, 0.2) is 66.7 Å². The standard InChI is InChI=1S/C34H42ClN3O5/c1-21-12-16-24(17-13-21)29(30(40)37-28-22(2)10-9-11-26(28)35)38(33(3,4)5)31(41)27(36-32(42)43-34(6,7)8)20-23-14-18-25(39)19-15-23/h9-19,27,29,39H,20H2,1-8H3,(H,36,42)(H,37,40). The first-order valence-electron chi connectivity index (χ1n) is 14.2. The zero-order valence-corrected chi connectivity index (χ0v) is 26.9. The number of amides is 3. The van der Waals surface area contributed by atoms with Crippen LogP contribution < -0.4 is 10.6 Å². The first-order chi connectivity index (χ1) is 20.0. The van der Waals surface area contributed by atoms with Gasteiger partial charge in [0.05, 0.1) is 10.7 Å². The van der Waals surface area contributed by atoms with E-state index >= 15 is 0 Å². The van der Waals surface area contributed by atoms with E-state index in [9.17, 15) is 19.5 Å². The van der Waals surface area contributed by atoms with E-state index in [1.807, 2.05) is 65.0 Å². The molecule has 0 aliphatic heterocycles. The summed E-state index contributed by atoms with van der Waals surface area (Å²) in [7, 11) is 0. The first kappa shape index (κ1) is 33.5. The summed E-state index contributed by atoms with van der Waals surface area (Å²) in [6.45, 7) is 14.5. The lowest BCUT2D eigenvalue weighted by Gasteiger charge is -2.43. The van der Waals surface area contributed by atoms with Gasteiger partial charge in [-0.3, -0.25) is 9.59 Å². The summed E-state index contributed by atoms with van der Waals surface area (Å²) in [6, 6.07) is 17.0. The maximum Gasteiger partial charge on any atom is 0.408 e. The molecular weight excluding hydrogens is 566 g/mol. The van der Waals surface area contributed by atoms with E-state index in [0.717, 1.165) is 11.1 Å². The highest BCUT2D eigenvalue weighted by molar-refractivity contribution is 6.34. The quantitative estimate of drug-likeness (QED) is 0.253. The van der Waals surface area contributed by atoms with Crippen LogP contribution in [0.4, 0.5) is 10.5 Å². The highest BCUT2D eigenvalue weighted by Gasteiger charge is 2.42. The molecule has 3 N–H and O–H groups in total. The second-order valence-corrected chi connectivity index (χ2v) is 13.1. The highest BCUT2D eigenvalue weighted by Crippen LogP contribution is 2.33. The number of aryl methyl sites for hydroxylation is 2. The van der Waals surface area contributed by atoms with Crippen molar-refractivity contribution in [2.24, 2.45) is 0 Å². The molecule has 9 heteroatoms. The molecule has 0 aliphatic rings. The molecule has 2 unspecified atom stereocenters. The maximum atomic E-state index is 14.6. The Morgan fingerprint density at radius 3 is 2.05 bits per heavy atom. The molecule has 0 saturated carbocycles. The minimum Gasteiger partial charge on any atom is -0.508 e. The Morgan fingerprint density at radius 2 is 1.51 bits per heavy atom. The van der Waals surface area contributed by atoms with Crippen molar-refractivity contribution in [2.75, 3.05) is 5.32 Å². The normalized spacial score (nSPS) is 13.0. The van der Waals surface area contributed by atoms with Gasteiger partial charge in [-0.1, -0.05) is 65.7 Å². The van der Waals surface area contributed by atoms with Gasteiger partial charge in [-0.15, -0.1) is 0 Å². The van der Waals surface area contributed by atoms with Crippen LogP contribution in [0.1, 0.15) is 69.8 Å². The van der Waals surface area contributed by atoms with Crippen LogP contribution in [-0.4, -0.2) is 45.1 Å². The number of carbonyl (C=O) groups is 3. The Morgan fingerprint density at radius 1 is 0.907 bits per heavy atom. The molecule has 0 saturated heterocycles. The van der Waals surface area contributed by atoms with Gasteiger partial charge in [0, 0.05) is 12.0 Å². The van der Waals surface area contributed by atoms with Crippen LogP contribution in [0.5, 0.6) is 5.75 Å². The second-order valence-electron chi connectivity index (χ2n) is 12.7. The summed E-state index contributed by atoms with van der Waals surface area (Å²) in [5.41, 5.74) is 1.85. The van der Waals surface area contributed by atoms with E-state index in [1.54, 1.807) is 45.0 Å². The number of rotatable bonds is 8. The Balaban J connectivity index is 2.13. The number of hydrogen-bond acceptors (Lipinski definition) is 5. The Hall–Kier alpha value is -4.04. The lowest BCUT2D eigenvalue weighted by Crippen LogP contribution is -2.58. The van der Waals surface area contributed by atoms with E-state index in [4.69, 9.17) is 16.3 Å². The second kappa shape index (κ2) is 13.5. The average molecular weight is 608 g/mol. The molecule has 0 aromatic heterocycles. The largest absolute Gasteiger partial charge is 0.508 e. The number of phenolic OH excluding ortho intramolecular Hbond substituents is 1. The smallest absolute Gasteiger partial charge is 0.408 e. The summed E-state index contributed by atoms with van der Waals surface area (Å²) < 4.78 is 5.50. The fourth-order valence-corrected chi connectivity index (χ4v) is 4.95. The minimum atomic E-state index is -1.10. The lowest BCUT2D eigenvalue weighted by molar-refractivity contribution is -0.146. The molecule has 0 fully saturated rings. The van der Waals surface area contributed by atoms with Crippen molar-refractivity contribution in [3.8, 4) is 5.75 Å². The number of ether oxygens (including phenoxy) is 1. The highest BCUT2D eigenvalue weighted by atomic mass is 35.5. The molecule has 0 radical (unpaired) electrons. The lowest BCUT2D eigenvalue weighted by atomic mass is 9.93. The average Bonchev–Trinajstić information content (AvgIpc) is 2.88. The molecular formula is C34H42ClN3O5. The molecule has 2 atom stereocenters. The van der Waals surface area contributed by atoms with Gasteiger partial charge >= 0.3 is 6.09 Å². The SMILES string of the molecule is Cc1ccc(C(C(=O)Nc2c(C)cccc2Cl)N(C(=O)C(Cc2ccc(O)cc2)NC(=O)OC(C)(C)C)C(C)(C)C)cc1. The number of para-hydroxylation sites is 1. The molecule has 3 rings (SSSR count). The van der Waals surface area contributed by atoms with E-state index in [0.29, 0.717) is 21.8 Å². The molecule has 0 heterocycles. The van der Waals surface area contributed by atoms with Gasteiger partial charge in [0.15, 0.2) is 0 Å². The van der Waals surface area contributed by atoms with Crippen molar-refractivity contribution in [3.63, 3.8) is 0 Å². The third-order valence-corrected chi connectivity index (χ3v) is 7.01. The van der Waals surface area contributed by atoms with Crippen molar-refractivity contribution in [1.29, 1.82) is 0 Å². The van der Waals surface area contributed by atoms with Crippen LogP contribution in [-0.2, 0) is 20.7 Å². The van der Waals surface area contributed by atoms with Crippen molar-refractivity contribution < 1.29 is 24.2 Å². The number of carbonyl (C=O) groups excluding carboxylic acids is 3. The van der Waals surface area contributed by atoms with E-state index in [-0.39, 0.29) is 12.2 Å². The van der Waals surface area contributed by atoms with Crippen LogP contribution in [0.25, 0.3) is 0 Å². The van der Waals surface area contributed by atoms with E-state index < -0.39 is 41.1 Å². The van der Waals surface area contributed by atoms with Crippen molar-refractivity contribution in [2.45, 2.75) is 85.0 Å². The molecule has 0 aliphatic carbocycles. The number of benzene rings is 3. The zero-order valence-electron chi connectivity index (χ0n) is 26.1. The summed E-state index contributed by atoms with van der Waals surface area (Å²) in [5.74, 6) is -0.860. The number of halogens is 1. The number of aromatic hydroxyl groups is 1. The van der Waals surface area contributed by atoms with Crippen LogP contribution in [0.3, 0.4) is 0 Å². The Kier molecular flexibility index (Phi) is 10.5. The van der Waals surface area contributed by atoms with Gasteiger partial charge in [-0.25, -0.2) is 4.79 Å². The number of alkyl carbamates (subject to hydrolysis) is 1. The van der Waals surface area contributed by atoms with Crippen LogP contribution >= 0.6 is 11.6 Å². The van der Waals surface area contributed by atoms with E-state index in [2.05, 4.69) is 10.6 Å². The molecule has 8 nitrogen and oxygen atoms in total. The number of nitrogens with zero attached hydrogens (tertiary/aromatic N) is 1. The minimum absolute atomic E-state index is 0.0778. The topological polar surface area (TPSA) is 108 Å². The van der Waals surface area contributed by atoms with Crippen LogP contribution in [0, 0.1) is 13.8 Å². The Bertz CT molecular complexity index is 1420. The van der Waals surface area contributed by atoms with Crippen molar-refractivity contribution in [1.82, 2.24) is 10.2 Å². The predicted octanol–water partition coefficient (Wildman–Crippen LogP) is 7.11.